The SMILES string of the molecule is CC(C)c1ccc(N2C(=O)CC(Sc3ccc(NC(=O)/C(=C/c4ccccc4F)NC(=O)c4ccccc4)cc3)C2=O)cc1. The molecular formula is C35H30FN3O4S. The number of carbonyl (C=O) groups is 4. The van der Waals surface area contributed by atoms with Crippen LogP contribution in [-0.2, 0) is 14.4 Å². The summed E-state index contributed by atoms with van der Waals surface area (Å²) in [6.07, 6.45) is 1.36. The van der Waals surface area contributed by atoms with E-state index in [4.69, 9.17) is 0 Å². The van der Waals surface area contributed by atoms with Crippen LogP contribution in [-0.4, -0.2) is 28.9 Å². The molecule has 9 heteroatoms. The number of amides is 4. The minimum atomic E-state index is -0.645. The third-order valence-corrected chi connectivity index (χ3v) is 8.24. The Balaban J connectivity index is 1.27. The molecule has 1 unspecified atom stereocenters. The molecule has 0 saturated carbocycles. The summed E-state index contributed by atoms with van der Waals surface area (Å²) in [4.78, 5) is 54.0. The average molecular weight is 608 g/mol. The first-order valence-corrected chi connectivity index (χ1v) is 14.9. The van der Waals surface area contributed by atoms with Crippen molar-refractivity contribution in [2.75, 3.05) is 10.2 Å². The molecular weight excluding hydrogens is 577 g/mol. The highest BCUT2D eigenvalue weighted by Gasteiger charge is 2.40. The summed E-state index contributed by atoms with van der Waals surface area (Å²) in [5.74, 6) is -1.89. The Bertz CT molecular complexity index is 1720. The van der Waals surface area contributed by atoms with Gasteiger partial charge in [-0.2, -0.15) is 0 Å². The van der Waals surface area contributed by atoms with Crippen LogP contribution in [0.2, 0.25) is 0 Å². The van der Waals surface area contributed by atoms with Gasteiger partial charge in [-0.15, -0.1) is 11.8 Å². The fraction of sp³-hybridized carbons (Fsp3) is 0.143. The first-order valence-electron chi connectivity index (χ1n) is 14.1. The summed E-state index contributed by atoms with van der Waals surface area (Å²) in [5, 5.41) is 4.75. The molecule has 4 amide bonds. The second-order valence-electron chi connectivity index (χ2n) is 10.5. The van der Waals surface area contributed by atoms with E-state index in [0.717, 1.165) is 10.5 Å². The molecule has 5 rings (SSSR count). The molecule has 1 saturated heterocycles. The van der Waals surface area contributed by atoms with Gasteiger partial charge in [0.05, 0.1) is 10.9 Å². The second-order valence-corrected chi connectivity index (χ2v) is 11.8. The number of hydrogen-bond acceptors (Lipinski definition) is 5. The van der Waals surface area contributed by atoms with Crippen molar-refractivity contribution in [2.45, 2.75) is 36.3 Å². The predicted octanol–water partition coefficient (Wildman–Crippen LogP) is 6.78. The van der Waals surface area contributed by atoms with Crippen LogP contribution >= 0.6 is 11.8 Å². The Labute approximate surface area is 259 Å². The van der Waals surface area contributed by atoms with Crippen LogP contribution in [0.4, 0.5) is 15.8 Å². The third-order valence-electron chi connectivity index (χ3n) is 7.05. The van der Waals surface area contributed by atoms with Gasteiger partial charge in [0, 0.05) is 28.1 Å². The molecule has 0 spiro atoms. The van der Waals surface area contributed by atoms with Crippen LogP contribution in [0, 0.1) is 5.82 Å². The lowest BCUT2D eigenvalue weighted by Gasteiger charge is -2.16. The lowest BCUT2D eigenvalue weighted by molar-refractivity contribution is -0.121. The highest BCUT2D eigenvalue weighted by molar-refractivity contribution is 8.00. The third kappa shape index (κ3) is 7.12. The van der Waals surface area contributed by atoms with Crippen molar-refractivity contribution in [1.29, 1.82) is 0 Å². The summed E-state index contributed by atoms with van der Waals surface area (Å²) in [5.41, 5.74) is 2.45. The molecule has 1 aliphatic rings. The molecule has 0 bridgehead atoms. The van der Waals surface area contributed by atoms with Gasteiger partial charge >= 0.3 is 0 Å². The van der Waals surface area contributed by atoms with E-state index >= 15 is 0 Å². The zero-order valence-electron chi connectivity index (χ0n) is 24.1. The van der Waals surface area contributed by atoms with Gasteiger partial charge in [0.15, 0.2) is 0 Å². The van der Waals surface area contributed by atoms with Gasteiger partial charge in [-0.3, -0.25) is 19.2 Å². The van der Waals surface area contributed by atoms with Gasteiger partial charge in [-0.1, -0.05) is 62.4 Å². The van der Waals surface area contributed by atoms with Gasteiger partial charge < -0.3 is 10.6 Å². The van der Waals surface area contributed by atoms with Crippen LogP contribution in [0.3, 0.4) is 0 Å². The maximum atomic E-state index is 14.4. The number of nitrogens with one attached hydrogen (secondary N) is 2. The van der Waals surface area contributed by atoms with E-state index in [1.54, 1.807) is 72.8 Å². The van der Waals surface area contributed by atoms with E-state index in [1.807, 2.05) is 12.1 Å². The molecule has 1 fully saturated rings. The maximum absolute atomic E-state index is 14.4. The Morgan fingerprint density at radius 1 is 0.886 bits per heavy atom. The molecule has 4 aromatic carbocycles. The average Bonchev–Trinajstić information content (AvgIpc) is 3.30. The lowest BCUT2D eigenvalue weighted by Crippen LogP contribution is -2.31. The standard InChI is InChI=1S/C35H30FN3O4S/c1-22(2)23-12-16-27(17-13-23)39-32(40)21-31(35(39)43)44-28-18-14-26(15-19-28)37-34(42)30(20-25-10-6-7-11-29(25)36)38-33(41)24-8-4-3-5-9-24/h3-20,22,31H,21H2,1-2H3,(H,37,42)(H,38,41)/b30-20-. The van der Waals surface area contributed by atoms with Gasteiger partial charge in [-0.25, -0.2) is 9.29 Å². The molecule has 1 heterocycles. The molecule has 2 N–H and O–H groups in total. The van der Waals surface area contributed by atoms with Gasteiger partial charge in [0.2, 0.25) is 11.8 Å². The second kappa shape index (κ2) is 13.5. The monoisotopic (exact) mass is 607 g/mol. The molecule has 4 aromatic rings. The molecule has 0 radical (unpaired) electrons. The van der Waals surface area contributed by atoms with Crippen molar-refractivity contribution in [3.63, 3.8) is 0 Å². The minimum absolute atomic E-state index is 0.0826. The van der Waals surface area contributed by atoms with Crippen LogP contribution in [0.5, 0.6) is 0 Å². The quantitative estimate of drug-likeness (QED) is 0.162. The summed E-state index contributed by atoms with van der Waals surface area (Å²) in [6, 6.07) is 28.5. The zero-order valence-corrected chi connectivity index (χ0v) is 24.9. The first kappa shape index (κ1) is 30.4. The molecule has 44 heavy (non-hydrogen) atoms. The Morgan fingerprint density at radius 3 is 2.20 bits per heavy atom. The number of imide groups is 1. The van der Waals surface area contributed by atoms with Crippen molar-refractivity contribution in [2.24, 2.45) is 0 Å². The van der Waals surface area contributed by atoms with Gasteiger partial charge in [-0.05, 0) is 72.2 Å². The van der Waals surface area contributed by atoms with Crippen molar-refractivity contribution < 1.29 is 23.6 Å². The molecule has 0 aromatic heterocycles. The normalized spacial score (nSPS) is 15.0. The number of carbonyl (C=O) groups excluding carboxylic acids is 4. The summed E-state index contributed by atoms with van der Waals surface area (Å²) in [6.45, 7) is 4.16. The number of anilines is 2. The van der Waals surface area contributed by atoms with E-state index in [1.165, 1.54) is 40.9 Å². The van der Waals surface area contributed by atoms with Crippen LogP contribution in [0.1, 0.15) is 47.7 Å². The van der Waals surface area contributed by atoms with Crippen molar-refractivity contribution >= 4 is 52.8 Å². The zero-order chi connectivity index (χ0) is 31.2. The number of rotatable bonds is 9. The van der Waals surface area contributed by atoms with Crippen LogP contribution in [0.15, 0.2) is 114 Å². The Morgan fingerprint density at radius 2 is 1.55 bits per heavy atom. The smallest absolute Gasteiger partial charge is 0.272 e. The van der Waals surface area contributed by atoms with Crippen molar-refractivity contribution in [3.8, 4) is 0 Å². The fourth-order valence-electron chi connectivity index (χ4n) is 4.65. The molecule has 222 valence electrons. The van der Waals surface area contributed by atoms with E-state index < -0.39 is 22.9 Å². The number of nitrogens with zero attached hydrogens (tertiary/aromatic N) is 1. The number of thioether (sulfide) groups is 1. The molecule has 1 atom stereocenters. The summed E-state index contributed by atoms with van der Waals surface area (Å²) >= 11 is 1.28. The molecule has 0 aliphatic carbocycles. The maximum Gasteiger partial charge on any atom is 0.272 e. The van der Waals surface area contributed by atoms with E-state index in [2.05, 4.69) is 24.5 Å². The molecule has 7 nitrogen and oxygen atoms in total. The predicted molar refractivity (Wildman–Crippen MR) is 171 cm³/mol. The van der Waals surface area contributed by atoms with Gasteiger partial charge in [0.1, 0.15) is 11.5 Å². The van der Waals surface area contributed by atoms with Crippen LogP contribution in [0.25, 0.3) is 6.08 Å². The van der Waals surface area contributed by atoms with Crippen molar-refractivity contribution in [1.82, 2.24) is 5.32 Å². The van der Waals surface area contributed by atoms with E-state index in [-0.39, 0.29) is 29.5 Å². The fourth-order valence-corrected chi connectivity index (χ4v) is 5.70. The van der Waals surface area contributed by atoms with Gasteiger partial charge in [0.25, 0.3) is 11.8 Å². The number of hydrogen-bond donors (Lipinski definition) is 2. The largest absolute Gasteiger partial charge is 0.321 e. The van der Waals surface area contributed by atoms with E-state index in [9.17, 15) is 23.6 Å². The van der Waals surface area contributed by atoms with E-state index in [0.29, 0.717) is 22.9 Å². The lowest BCUT2D eigenvalue weighted by atomic mass is 10.0. The summed E-state index contributed by atoms with van der Waals surface area (Å²) in [7, 11) is 0. The highest BCUT2D eigenvalue weighted by atomic mass is 32.2. The topological polar surface area (TPSA) is 95.6 Å². The number of halogens is 1. The highest BCUT2D eigenvalue weighted by Crippen LogP contribution is 2.35. The number of benzene rings is 4. The minimum Gasteiger partial charge on any atom is -0.321 e. The first-order chi connectivity index (χ1) is 21.2. The summed E-state index contributed by atoms with van der Waals surface area (Å²) < 4.78 is 14.4. The molecule has 1 aliphatic heterocycles. The Hall–Kier alpha value is -5.02. The van der Waals surface area contributed by atoms with Crippen LogP contribution < -0.4 is 15.5 Å². The Kier molecular flexibility index (Phi) is 9.35. The van der Waals surface area contributed by atoms with Crippen molar-refractivity contribution in [3.05, 3.63) is 131 Å².